The first kappa shape index (κ1) is 17.6. The van der Waals surface area contributed by atoms with E-state index in [1.807, 2.05) is 29.6 Å². The first-order valence-corrected chi connectivity index (χ1v) is 8.74. The number of carboxylic acids is 1. The van der Waals surface area contributed by atoms with Crippen molar-refractivity contribution in [2.24, 2.45) is 0 Å². The summed E-state index contributed by atoms with van der Waals surface area (Å²) in [5.41, 5.74) is 2.43. The molecule has 2 aromatic carbocycles. The van der Waals surface area contributed by atoms with Gasteiger partial charge in [0.1, 0.15) is 5.75 Å². The zero-order valence-corrected chi connectivity index (χ0v) is 14.8. The van der Waals surface area contributed by atoms with E-state index in [-0.39, 0.29) is 11.3 Å². The smallest absolute Gasteiger partial charge is 0.335 e. The van der Waals surface area contributed by atoms with Crippen LogP contribution in [0.4, 0.5) is 0 Å². The van der Waals surface area contributed by atoms with Crippen LogP contribution in [0.2, 0.25) is 0 Å². The van der Waals surface area contributed by atoms with Crippen LogP contribution in [-0.2, 0) is 0 Å². The first-order valence-electron chi connectivity index (χ1n) is 7.86. The minimum atomic E-state index is -0.979. The Morgan fingerprint density at radius 2 is 1.85 bits per heavy atom. The fourth-order valence-corrected chi connectivity index (χ4v) is 3.21. The van der Waals surface area contributed by atoms with Gasteiger partial charge in [0.05, 0.1) is 18.2 Å². The quantitative estimate of drug-likeness (QED) is 0.493. The van der Waals surface area contributed by atoms with Crippen molar-refractivity contribution >= 4 is 29.2 Å². The fourth-order valence-electron chi connectivity index (χ4n) is 2.49. The highest BCUT2D eigenvalue weighted by atomic mass is 32.1. The number of rotatable bonds is 6. The van der Waals surface area contributed by atoms with Crippen molar-refractivity contribution in [2.75, 3.05) is 7.11 Å². The molecule has 0 unspecified atom stereocenters. The van der Waals surface area contributed by atoms with Crippen LogP contribution in [0.3, 0.4) is 0 Å². The third kappa shape index (κ3) is 3.90. The van der Waals surface area contributed by atoms with Crippen molar-refractivity contribution in [3.05, 3.63) is 82.7 Å². The Balaban J connectivity index is 1.81. The summed E-state index contributed by atoms with van der Waals surface area (Å²) in [6.07, 6.45) is 3.11. The largest absolute Gasteiger partial charge is 0.496 e. The average Bonchev–Trinajstić information content (AvgIpc) is 3.20. The van der Waals surface area contributed by atoms with Gasteiger partial charge < -0.3 is 9.84 Å². The van der Waals surface area contributed by atoms with Gasteiger partial charge in [0, 0.05) is 4.88 Å². The summed E-state index contributed by atoms with van der Waals surface area (Å²) in [5, 5.41) is 10.9. The van der Waals surface area contributed by atoms with Crippen molar-refractivity contribution in [1.29, 1.82) is 0 Å². The van der Waals surface area contributed by atoms with E-state index in [9.17, 15) is 9.59 Å². The first-order chi connectivity index (χ1) is 12.6. The van der Waals surface area contributed by atoms with Gasteiger partial charge in [-0.05, 0) is 52.9 Å². The molecule has 0 amide bonds. The topological polar surface area (TPSA) is 63.6 Å². The number of ketones is 1. The summed E-state index contributed by atoms with van der Waals surface area (Å²) in [5.74, 6) is -0.638. The van der Waals surface area contributed by atoms with Crippen LogP contribution in [0.5, 0.6) is 5.75 Å². The number of carbonyl (C=O) groups is 2. The number of thiophene rings is 1. The van der Waals surface area contributed by atoms with Crippen LogP contribution in [-0.4, -0.2) is 24.0 Å². The van der Waals surface area contributed by atoms with E-state index in [4.69, 9.17) is 9.84 Å². The molecule has 0 bridgehead atoms. The molecule has 26 heavy (non-hydrogen) atoms. The van der Waals surface area contributed by atoms with Crippen LogP contribution in [0, 0.1) is 0 Å². The third-order valence-corrected chi connectivity index (χ3v) is 4.78. The molecule has 3 rings (SSSR count). The average molecular weight is 364 g/mol. The Morgan fingerprint density at radius 1 is 1.08 bits per heavy atom. The number of hydrogen-bond acceptors (Lipinski definition) is 4. The van der Waals surface area contributed by atoms with Gasteiger partial charge in [-0.3, -0.25) is 4.79 Å². The molecule has 1 aromatic heterocycles. The van der Waals surface area contributed by atoms with Crippen LogP contribution in [0.1, 0.15) is 26.3 Å². The summed E-state index contributed by atoms with van der Waals surface area (Å²) in [7, 11) is 1.54. The number of allylic oxidation sites excluding steroid dienone is 1. The maximum absolute atomic E-state index is 12.5. The number of methoxy groups -OCH3 is 1. The highest BCUT2D eigenvalue weighted by Crippen LogP contribution is 2.30. The number of benzene rings is 2. The number of ether oxygens (including phenoxy) is 1. The third-order valence-electron chi connectivity index (χ3n) is 3.86. The second-order valence-corrected chi connectivity index (χ2v) is 6.46. The minimum absolute atomic E-state index is 0.179. The lowest BCUT2D eigenvalue weighted by atomic mass is 10.0. The molecule has 1 N–H and O–H groups in total. The van der Waals surface area contributed by atoms with Gasteiger partial charge in [-0.15, -0.1) is 11.3 Å². The molecule has 0 aliphatic carbocycles. The van der Waals surface area contributed by atoms with Crippen molar-refractivity contribution in [2.45, 2.75) is 0 Å². The maximum atomic E-state index is 12.5. The highest BCUT2D eigenvalue weighted by molar-refractivity contribution is 7.13. The summed E-state index contributed by atoms with van der Waals surface area (Å²) < 4.78 is 5.38. The molecular formula is C21H16O4S. The van der Waals surface area contributed by atoms with Gasteiger partial charge in [0.15, 0.2) is 5.78 Å². The Labute approximate surface area is 155 Å². The van der Waals surface area contributed by atoms with Gasteiger partial charge in [0.25, 0.3) is 0 Å². The molecule has 1 heterocycles. The SMILES string of the molecule is COc1cc(-c2cccs2)ccc1C(=O)C=Cc1ccc(C(=O)O)cc1. The number of hydrogen-bond donors (Lipinski definition) is 1. The van der Waals surface area contributed by atoms with Crippen molar-refractivity contribution in [3.8, 4) is 16.2 Å². The summed E-state index contributed by atoms with van der Waals surface area (Å²) in [6.45, 7) is 0. The lowest BCUT2D eigenvalue weighted by Crippen LogP contribution is -1.99. The molecule has 0 saturated carbocycles. The standard InChI is InChI=1S/C21H16O4S/c1-25-19-13-16(20-3-2-12-26-20)9-10-17(19)18(22)11-6-14-4-7-15(8-5-14)21(23)24/h2-13H,1H3,(H,23,24). The number of carboxylic acid groups (broad SMARTS) is 1. The normalized spacial score (nSPS) is 10.8. The molecule has 0 atom stereocenters. The van der Waals surface area contributed by atoms with Gasteiger partial charge >= 0.3 is 5.97 Å². The molecule has 0 aliphatic rings. The molecule has 5 heteroatoms. The summed E-state index contributed by atoms with van der Waals surface area (Å²) >= 11 is 1.62. The Bertz CT molecular complexity index is 954. The monoisotopic (exact) mass is 364 g/mol. The molecule has 0 radical (unpaired) electrons. The zero-order chi connectivity index (χ0) is 18.5. The van der Waals surface area contributed by atoms with Gasteiger partial charge in [-0.1, -0.05) is 30.3 Å². The van der Waals surface area contributed by atoms with Gasteiger partial charge in [-0.25, -0.2) is 4.79 Å². The van der Waals surface area contributed by atoms with E-state index in [2.05, 4.69) is 0 Å². The van der Waals surface area contributed by atoms with Crippen LogP contribution >= 0.6 is 11.3 Å². The second kappa shape index (κ2) is 7.80. The van der Waals surface area contributed by atoms with E-state index in [1.165, 1.54) is 18.2 Å². The second-order valence-electron chi connectivity index (χ2n) is 5.52. The van der Waals surface area contributed by atoms with Crippen LogP contribution in [0.25, 0.3) is 16.5 Å². The lowest BCUT2D eigenvalue weighted by molar-refractivity contribution is 0.0696. The Kier molecular flexibility index (Phi) is 5.29. The van der Waals surface area contributed by atoms with E-state index >= 15 is 0 Å². The molecule has 0 saturated heterocycles. The summed E-state index contributed by atoms with van der Waals surface area (Å²) in [4.78, 5) is 24.5. The van der Waals surface area contributed by atoms with Gasteiger partial charge in [0.2, 0.25) is 0 Å². The number of carbonyl (C=O) groups excluding carboxylic acids is 1. The van der Waals surface area contributed by atoms with E-state index in [1.54, 1.807) is 42.7 Å². The Hall–Kier alpha value is -3.18. The maximum Gasteiger partial charge on any atom is 0.335 e. The molecule has 0 fully saturated rings. The minimum Gasteiger partial charge on any atom is -0.496 e. The van der Waals surface area contributed by atoms with Gasteiger partial charge in [-0.2, -0.15) is 0 Å². The van der Waals surface area contributed by atoms with Crippen molar-refractivity contribution in [1.82, 2.24) is 0 Å². The van der Waals surface area contributed by atoms with Crippen molar-refractivity contribution < 1.29 is 19.4 Å². The molecule has 3 aromatic rings. The lowest BCUT2D eigenvalue weighted by Gasteiger charge is -2.08. The Morgan fingerprint density at radius 3 is 2.46 bits per heavy atom. The number of aromatic carboxylic acids is 1. The summed E-state index contributed by atoms with van der Waals surface area (Å²) in [6, 6.07) is 15.8. The van der Waals surface area contributed by atoms with E-state index < -0.39 is 5.97 Å². The molecular weight excluding hydrogens is 348 g/mol. The van der Waals surface area contributed by atoms with E-state index in [0.29, 0.717) is 11.3 Å². The predicted molar refractivity (Wildman–Crippen MR) is 103 cm³/mol. The molecule has 4 nitrogen and oxygen atoms in total. The van der Waals surface area contributed by atoms with Crippen LogP contribution < -0.4 is 4.74 Å². The fraction of sp³-hybridized carbons (Fsp3) is 0.0476. The molecule has 0 aliphatic heterocycles. The predicted octanol–water partition coefficient (Wildman–Crippen LogP) is 5.02. The molecule has 0 spiro atoms. The van der Waals surface area contributed by atoms with E-state index in [0.717, 1.165) is 16.0 Å². The van der Waals surface area contributed by atoms with Crippen LogP contribution in [0.15, 0.2) is 66.1 Å². The van der Waals surface area contributed by atoms with Crippen molar-refractivity contribution in [3.63, 3.8) is 0 Å². The zero-order valence-electron chi connectivity index (χ0n) is 14.0. The molecule has 130 valence electrons. The highest BCUT2D eigenvalue weighted by Gasteiger charge is 2.11.